The van der Waals surface area contributed by atoms with Gasteiger partial charge >= 0.3 is 6.03 Å². The van der Waals surface area contributed by atoms with Crippen LogP contribution in [0.3, 0.4) is 0 Å². The van der Waals surface area contributed by atoms with Crippen molar-refractivity contribution in [2.24, 2.45) is 0 Å². The van der Waals surface area contributed by atoms with Crippen LogP contribution in [0.1, 0.15) is 59.9 Å². The van der Waals surface area contributed by atoms with Crippen molar-refractivity contribution in [1.82, 2.24) is 24.5 Å². The van der Waals surface area contributed by atoms with E-state index in [0.717, 1.165) is 35.2 Å². The molecule has 2 aromatic rings. The van der Waals surface area contributed by atoms with Crippen LogP contribution in [0.15, 0.2) is 30.5 Å². The summed E-state index contributed by atoms with van der Waals surface area (Å²) in [6, 6.07) is 8.11. The number of hydrogen-bond acceptors (Lipinski definition) is 3. The van der Waals surface area contributed by atoms with Gasteiger partial charge in [-0.05, 0) is 45.7 Å². The fraction of sp³-hybridized carbons (Fsp3) is 0.542. The number of benzene rings is 1. The van der Waals surface area contributed by atoms with Crippen molar-refractivity contribution >= 4 is 11.9 Å². The van der Waals surface area contributed by atoms with E-state index in [1.165, 1.54) is 0 Å². The second-order valence-electron chi connectivity index (χ2n) is 9.55. The first kappa shape index (κ1) is 21.4. The van der Waals surface area contributed by atoms with Crippen LogP contribution < -0.4 is 0 Å². The molecule has 166 valence electrons. The predicted octanol–water partition coefficient (Wildman–Crippen LogP) is 3.44. The number of fused-ring (bicyclic) bond motifs is 2. The van der Waals surface area contributed by atoms with Gasteiger partial charge in [-0.1, -0.05) is 17.7 Å². The number of aromatic nitrogens is 2. The smallest absolute Gasteiger partial charge is 0.319 e. The van der Waals surface area contributed by atoms with Crippen LogP contribution in [-0.4, -0.2) is 70.1 Å². The Morgan fingerprint density at radius 3 is 2.29 bits per heavy atom. The molecule has 0 N–H and O–H groups in total. The van der Waals surface area contributed by atoms with E-state index in [4.69, 9.17) is 5.10 Å². The minimum atomic E-state index is -0.211. The maximum atomic E-state index is 13.4. The lowest BCUT2D eigenvalue weighted by molar-refractivity contribution is 0.0583. The highest BCUT2D eigenvalue weighted by atomic mass is 16.2. The molecule has 0 bridgehead atoms. The van der Waals surface area contributed by atoms with Gasteiger partial charge in [0.1, 0.15) is 0 Å². The van der Waals surface area contributed by atoms with Gasteiger partial charge in [-0.3, -0.25) is 9.48 Å². The Labute approximate surface area is 184 Å². The maximum absolute atomic E-state index is 13.4. The number of rotatable bonds is 2. The summed E-state index contributed by atoms with van der Waals surface area (Å²) in [5.41, 5.74) is 3.90. The van der Waals surface area contributed by atoms with Crippen LogP contribution in [0.5, 0.6) is 0 Å². The van der Waals surface area contributed by atoms with Gasteiger partial charge < -0.3 is 14.7 Å². The van der Waals surface area contributed by atoms with Gasteiger partial charge in [0, 0.05) is 69.1 Å². The number of nitrogens with zero attached hydrogens (tertiary/aromatic N) is 5. The van der Waals surface area contributed by atoms with E-state index in [-0.39, 0.29) is 23.4 Å². The van der Waals surface area contributed by atoms with Crippen molar-refractivity contribution < 1.29 is 9.59 Å². The maximum Gasteiger partial charge on any atom is 0.319 e. The average Bonchev–Trinajstić information content (AvgIpc) is 3.19. The number of carbonyl (C=O) groups is 2. The highest BCUT2D eigenvalue weighted by Gasteiger charge is 2.46. The number of likely N-dealkylation sites (tertiary alicyclic amines) is 1. The molecule has 7 heteroatoms. The molecule has 1 saturated heterocycles. The minimum Gasteiger partial charge on any atom is -0.333 e. The summed E-state index contributed by atoms with van der Waals surface area (Å²) in [5, 5.41) is 4.98. The van der Waals surface area contributed by atoms with Gasteiger partial charge in [0.05, 0.1) is 5.69 Å². The normalized spacial score (nSPS) is 17.7. The molecule has 2 aliphatic heterocycles. The third-order valence-electron chi connectivity index (χ3n) is 6.65. The number of hydrogen-bond donors (Lipinski definition) is 0. The van der Waals surface area contributed by atoms with Gasteiger partial charge in [-0.2, -0.15) is 5.10 Å². The number of piperidine rings is 1. The largest absolute Gasteiger partial charge is 0.333 e. The number of urea groups is 1. The summed E-state index contributed by atoms with van der Waals surface area (Å²) < 4.78 is 2.02. The molecule has 0 atom stereocenters. The van der Waals surface area contributed by atoms with Crippen LogP contribution in [0, 0.1) is 6.92 Å². The van der Waals surface area contributed by atoms with Crippen LogP contribution >= 0.6 is 0 Å². The van der Waals surface area contributed by atoms with Gasteiger partial charge in [-0.25, -0.2) is 4.79 Å². The summed E-state index contributed by atoms with van der Waals surface area (Å²) in [6.07, 6.45) is 3.73. The van der Waals surface area contributed by atoms with E-state index >= 15 is 0 Å². The van der Waals surface area contributed by atoms with Crippen molar-refractivity contribution in [1.29, 1.82) is 0 Å². The fourth-order valence-corrected chi connectivity index (χ4v) is 4.78. The molecule has 0 unspecified atom stereocenters. The number of amides is 3. The van der Waals surface area contributed by atoms with E-state index in [1.54, 1.807) is 19.0 Å². The molecule has 4 rings (SSSR count). The molecule has 1 spiro atoms. The molecule has 1 fully saturated rings. The summed E-state index contributed by atoms with van der Waals surface area (Å²) in [5.74, 6) is 0.0640. The molecule has 31 heavy (non-hydrogen) atoms. The summed E-state index contributed by atoms with van der Waals surface area (Å²) in [4.78, 5) is 31.4. The first-order valence-electron chi connectivity index (χ1n) is 11.1. The first-order valence-corrected chi connectivity index (χ1v) is 11.1. The standard InChI is InChI=1S/C24H33N5O2/c1-17(2)29-15-20-14-28(22(30)19-8-6-18(3)7-9-19)16-24(21(20)25-29)10-12-27(13-11-24)23(31)26(4)5/h6-9,15,17H,10-14,16H2,1-5H3. The molecular formula is C24H33N5O2. The van der Waals surface area contributed by atoms with Crippen molar-refractivity contribution in [3.8, 4) is 0 Å². The molecule has 3 amide bonds. The topological polar surface area (TPSA) is 61.7 Å². The fourth-order valence-electron chi connectivity index (χ4n) is 4.78. The van der Waals surface area contributed by atoms with E-state index in [0.29, 0.717) is 26.2 Å². The molecule has 0 radical (unpaired) electrons. The van der Waals surface area contributed by atoms with Gasteiger partial charge in [-0.15, -0.1) is 0 Å². The second kappa shape index (κ2) is 8.02. The molecule has 0 aliphatic carbocycles. The van der Waals surface area contributed by atoms with Crippen LogP contribution in [0.25, 0.3) is 0 Å². The third kappa shape index (κ3) is 3.93. The Kier molecular flexibility index (Phi) is 5.54. The zero-order valence-corrected chi connectivity index (χ0v) is 19.3. The predicted molar refractivity (Wildman–Crippen MR) is 120 cm³/mol. The zero-order valence-electron chi connectivity index (χ0n) is 19.3. The van der Waals surface area contributed by atoms with Crippen molar-refractivity contribution in [2.45, 2.75) is 51.6 Å². The highest BCUT2D eigenvalue weighted by Crippen LogP contribution is 2.42. The summed E-state index contributed by atoms with van der Waals surface area (Å²) in [6.45, 7) is 8.86. The Bertz CT molecular complexity index is 968. The Morgan fingerprint density at radius 1 is 1.06 bits per heavy atom. The molecule has 1 aromatic carbocycles. The zero-order chi connectivity index (χ0) is 22.3. The van der Waals surface area contributed by atoms with Crippen molar-refractivity contribution in [2.75, 3.05) is 33.7 Å². The lowest BCUT2D eigenvalue weighted by Gasteiger charge is -2.46. The Hall–Kier alpha value is -2.83. The average molecular weight is 424 g/mol. The number of aryl methyl sites for hydroxylation is 1. The minimum absolute atomic E-state index is 0.0474. The van der Waals surface area contributed by atoms with Gasteiger partial charge in [0.2, 0.25) is 0 Å². The molecule has 2 aliphatic rings. The van der Waals surface area contributed by atoms with E-state index in [1.807, 2.05) is 45.7 Å². The van der Waals surface area contributed by atoms with E-state index < -0.39 is 0 Å². The van der Waals surface area contributed by atoms with Gasteiger partial charge in [0.25, 0.3) is 5.91 Å². The molecular weight excluding hydrogens is 390 g/mol. The van der Waals surface area contributed by atoms with Crippen LogP contribution in [0.2, 0.25) is 0 Å². The molecule has 7 nitrogen and oxygen atoms in total. The van der Waals surface area contributed by atoms with Crippen LogP contribution in [-0.2, 0) is 12.0 Å². The van der Waals surface area contributed by atoms with Gasteiger partial charge in [0.15, 0.2) is 0 Å². The lowest BCUT2D eigenvalue weighted by atomic mass is 9.72. The lowest BCUT2D eigenvalue weighted by Crippen LogP contribution is -2.55. The van der Waals surface area contributed by atoms with E-state index in [9.17, 15) is 9.59 Å². The van der Waals surface area contributed by atoms with Crippen molar-refractivity contribution in [3.05, 3.63) is 52.8 Å². The monoisotopic (exact) mass is 423 g/mol. The SMILES string of the molecule is Cc1ccc(C(=O)N2Cc3cn(C(C)C)nc3C3(CCN(C(=O)N(C)C)CC3)C2)cc1. The molecule has 3 heterocycles. The summed E-state index contributed by atoms with van der Waals surface area (Å²) in [7, 11) is 3.58. The Balaban J connectivity index is 1.65. The summed E-state index contributed by atoms with van der Waals surface area (Å²) >= 11 is 0. The first-order chi connectivity index (χ1) is 14.7. The Morgan fingerprint density at radius 2 is 1.71 bits per heavy atom. The van der Waals surface area contributed by atoms with Crippen LogP contribution in [0.4, 0.5) is 4.79 Å². The molecule has 0 saturated carbocycles. The van der Waals surface area contributed by atoms with E-state index in [2.05, 4.69) is 20.0 Å². The third-order valence-corrected chi connectivity index (χ3v) is 6.65. The van der Waals surface area contributed by atoms with Crippen molar-refractivity contribution in [3.63, 3.8) is 0 Å². The molecule has 1 aromatic heterocycles. The number of carbonyl (C=O) groups excluding carboxylic acids is 2. The highest BCUT2D eigenvalue weighted by molar-refractivity contribution is 5.94. The second-order valence-corrected chi connectivity index (χ2v) is 9.55. The quantitative estimate of drug-likeness (QED) is 0.743.